The van der Waals surface area contributed by atoms with E-state index in [9.17, 15) is 4.79 Å². The molecule has 0 bridgehead atoms. The van der Waals surface area contributed by atoms with Crippen LogP contribution >= 0.6 is 0 Å². The van der Waals surface area contributed by atoms with Crippen molar-refractivity contribution in [2.24, 2.45) is 0 Å². The predicted molar refractivity (Wildman–Crippen MR) is 65.1 cm³/mol. The molecular formula is C11H18N4O2. The summed E-state index contributed by atoms with van der Waals surface area (Å²) >= 11 is 0. The minimum atomic E-state index is -0.181. The first-order chi connectivity index (χ1) is 8.17. The molecule has 0 saturated carbocycles. The van der Waals surface area contributed by atoms with Gasteiger partial charge in [0.05, 0.1) is 7.11 Å². The lowest BCUT2D eigenvalue weighted by Crippen LogP contribution is -2.32. The number of hydrogen-bond acceptors (Lipinski definition) is 4. The molecule has 1 aromatic heterocycles. The van der Waals surface area contributed by atoms with E-state index < -0.39 is 0 Å². The van der Waals surface area contributed by atoms with E-state index in [1.807, 2.05) is 0 Å². The Labute approximate surface area is 101 Å². The highest BCUT2D eigenvalue weighted by Crippen LogP contribution is 2.10. The number of anilines is 1. The SMILES string of the molecule is CCCCN(C)C(=O)Nc1cc(OC)ncn1. The van der Waals surface area contributed by atoms with Gasteiger partial charge in [-0.1, -0.05) is 13.3 Å². The van der Waals surface area contributed by atoms with Gasteiger partial charge in [0, 0.05) is 19.7 Å². The molecule has 2 amide bonds. The van der Waals surface area contributed by atoms with Crippen LogP contribution in [0.3, 0.4) is 0 Å². The Balaban J connectivity index is 2.54. The Morgan fingerprint density at radius 1 is 1.53 bits per heavy atom. The largest absolute Gasteiger partial charge is 0.481 e. The van der Waals surface area contributed by atoms with Crippen LogP contribution in [-0.4, -0.2) is 41.6 Å². The first kappa shape index (κ1) is 13.2. The van der Waals surface area contributed by atoms with Crippen molar-refractivity contribution < 1.29 is 9.53 Å². The normalized spacial score (nSPS) is 9.82. The number of aromatic nitrogens is 2. The summed E-state index contributed by atoms with van der Waals surface area (Å²) in [4.78, 5) is 21.2. The fourth-order valence-corrected chi connectivity index (χ4v) is 1.22. The van der Waals surface area contributed by atoms with Gasteiger partial charge < -0.3 is 9.64 Å². The first-order valence-corrected chi connectivity index (χ1v) is 5.55. The highest BCUT2D eigenvalue weighted by molar-refractivity contribution is 5.88. The summed E-state index contributed by atoms with van der Waals surface area (Å²) in [5.41, 5.74) is 0. The van der Waals surface area contributed by atoms with E-state index in [0.717, 1.165) is 19.4 Å². The van der Waals surface area contributed by atoms with Crippen LogP contribution in [0.25, 0.3) is 0 Å². The molecule has 0 aliphatic rings. The number of ether oxygens (including phenoxy) is 1. The third-order valence-corrected chi connectivity index (χ3v) is 2.28. The van der Waals surface area contributed by atoms with E-state index in [0.29, 0.717) is 11.7 Å². The first-order valence-electron chi connectivity index (χ1n) is 5.55. The number of nitrogens with zero attached hydrogens (tertiary/aromatic N) is 3. The van der Waals surface area contributed by atoms with Crippen molar-refractivity contribution in [3.8, 4) is 5.88 Å². The fourth-order valence-electron chi connectivity index (χ4n) is 1.22. The van der Waals surface area contributed by atoms with Gasteiger partial charge in [0.25, 0.3) is 0 Å². The molecule has 1 N–H and O–H groups in total. The minimum absolute atomic E-state index is 0.181. The second-order valence-electron chi connectivity index (χ2n) is 3.65. The van der Waals surface area contributed by atoms with Crippen LogP contribution in [0, 0.1) is 0 Å². The van der Waals surface area contributed by atoms with Gasteiger partial charge in [-0.25, -0.2) is 14.8 Å². The lowest BCUT2D eigenvalue weighted by Gasteiger charge is -2.17. The van der Waals surface area contributed by atoms with Gasteiger partial charge in [0.1, 0.15) is 12.1 Å². The predicted octanol–water partition coefficient (Wildman–Crippen LogP) is 1.75. The van der Waals surface area contributed by atoms with Crippen molar-refractivity contribution in [1.29, 1.82) is 0 Å². The Kier molecular flexibility index (Phi) is 5.19. The minimum Gasteiger partial charge on any atom is -0.481 e. The number of amides is 2. The highest BCUT2D eigenvalue weighted by atomic mass is 16.5. The average molecular weight is 238 g/mol. The molecule has 6 nitrogen and oxygen atoms in total. The van der Waals surface area contributed by atoms with Crippen molar-refractivity contribution in [2.75, 3.05) is 26.0 Å². The van der Waals surface area contributed by atoms with Crippen molar-refractivity contribution in [1.82, 2.24) is 14.9 Å². The molecule has 0 spiro atoms. The monoisotopic (exact) mass is 238 g/mol. The van der Waals surface area contributed by atoms with Crippen molar-refractivity contribution in [2.45, 2.75) is 19.8 Å². The van der Waals surface area contributed by atoms with Gasteiger partial charge >= 0.3 is 6.03 Å². The zero-order valence-corrected chi connectivity index (χ0v) is 10.4. The smallest absolute Gasteiger partial charge is 0.322 e. The molecule has 17 heavy (non-hydrogen) atoms. The second kappa shape index (κ2) is 6.67. The van der Waals surface area contributed by atoms with Crippen LogP contribution in [0.5, 0.6) is 5.88 Å². The Morgan fingerprint density at radius 2 is 2.29 bits per heavy atom. The van der Waals surface area contributed by atoms with E-state index in [-0.39, 0.29) is 6.03 Å². The van der Waals surface area contributed by atoms with Crippen LogP contribution in [-0.2, 0) is 0 Å². The summed E-state index contributed by atoms with van der Waals surface area (Å²) in [5.74, 6) is 0.858. The van der Waals surface area contributed by atoms with Gasteiger partial charge in [-0.05, 0) is 6.42 Å². The third kappa shape index (κ3) is 4.26. The number of urea groups is 1. The quantitative estimate of drug-likeness (QED) is 0.848. The summed E-state index contributed by atoms with van der Waals surface area (Å²) in [6.07, 6.45) is 3.39. The van der Waals surface area contributed by atoms with Gasteiger partial charge in [-0.2, -0.15) is 0 Å². The summed E-state index contributed by atoms with van der Waals surface area (Å²) in [6, 6.07) is 1.39. The topological polar surface area (TPSA) is 67.4 Å². The molecule has 1 rings (SSSR count). The lowest BCUT2D eigenvalue weighted by atomic mass is 10.3. The molecule has 0 radical (unpaired) electrons. The van der Waals surface area contributed by atoms with Gasteiger partial charge in [0.15, 0.2) is 0 Å². The Morgan fingerprint density at radius 3 is 2.94 bits per heavy atom. The zero-order valence-electron chi connectivity index (χ0n) is 10.4. The maximum Gasteiger partial charge on any atom is 0.322 e. The van der Waals surface area contributed by atoms with Crippen molar-refractivity contribution >= 4 is 11.8 Å². The fraction of sp³-hybridized carbons (Fsp3) is 0.545. The van der Waals surface area contributed by atoms with E-state index in [1.54, 1.807) is 18.0 Å². The summed E-state index contributed by atoms with van der Waals surface area (Å²) < 4.78 is 4.95. The third-order valence-electron chi connectivity index (χ3n) is 2.28. The maximum atomic E-state index is 11.7. The number of unbranched alkanes of at least 4 members (excludes halogenated alkanes) is 1. The molecule has 1 aromatic rings. The number of carbonyl (C=O) groups is 1. The standard InChI is InChI=1S/C11H18N4O2/c1-4-5-6-15(2)11(16)14-9-7-10(17-3)13-8-12-9/h7-8H,4-6H2,1-3H3,(H,12,13,14,16). The molecule has 0 atom stereocenters. The van der Waals surface area contributed by atoms with Gasteiger partial charge in [0.2, 0.25) is 5.88 Å². The van der Waals surface area contributed by atoms with Crippen LogP contribution in [0.15, 0.2) is 12.4 Å². The Hall–Kier alpha value is -1.85. The number of nitrogens with one attached hydrogen (secondary N) is 1. The summed E-state index contributed by atoms with van der Waals surface area (Å²) in [7, 11) is 3.27. The van der Waals surface area contributed by atoms with Gasteiger partial charge in [-0.15, -0.1) is 0 Å². The number of methoxy groups -OCH3 is 1. The molecule has 0 aliphatic carbocycles. The molecule has 0 fully saturated rings. The Bertz CT molecular complexity index is 370. The van der Waals surface area contributed by atoms with E-state index in [1.165, 1.54) is 13.4 Å². The average Bonchev–Trinajstić information content (AvgIpc) is 2.36. The van der Waals surface area contributed by atoms with Crippen molar-refractivity contribution in [3.63, 3.8) is 0 Å². The number of hydrogen-bond donors (Lipinski definition) is 1. The van der Waals surface area contributed by atoms with Crippen LogP contribution in [0.4, 0.5) is 10.6 Å². The highest BCUT2D eigenvalue weighted by Gasteiger charge is 2.09. The van der Waals surface area contributed by atoms with E-state index >= 15 is 0 Å². The van der Waals surface area contributed by atoms with E-state index in [4.69, 9.17) is 4.74 Å². The van der Waals surface area contributed by atoms with Gasteiger partial charge in [-0.3, -0.25) is 5.32 Å². The van der Waals surface area contributed by atoms with Crippen LogP contribution in [0.2, 0.25) is 0 Å². The molecular weight excluding hydrogens is 220 g/mol. The summed E-state index contributed by atoms with van der Waals surface area (Å²) in [5, 5.41) is 2.68. The molecule has 0 aliphatic heterocycles. The number of carbonyl (C=O) groups excluding carboxylic acids is 1. The molecule has 0 aromatic carbocycles. The molecule has 6 heteroatoms. The molecule has 0 saturated heterocycles. The van der Waals surface area contributed by atoms with Crippen LogP contribution in [0.1, 0.15) is 19.8 Å². The van der Waals surface area contributed by atoms with Crippen LogP contribution < -0.4 is 10.1 Å². The molecule has 0 unspecified atom stereocenters. The second-order valence-corrected chi connectivity index (χ2v) is 3.65. The zero-order chi connectivity index (χ0) is 12.7. The van der Waals surface area contributed by atoms with Crippen molar-refractivity contribution in [3.05, 3.63) is 12.4 Å². The maximum absolute atomic E-state index is 11.7. The molecule has 94 valence electrons. The number of rotatable bonds is 5. The molecule has 1 heterocycles. The summed E-state index contributed by atoms with van der Waals surface area (Å²) in [6.45, 7) is 2.81. The lowest BCUT2D eigenvalue weighted by molar-refractivity contribution is 0.221. The van der Waals surface area contributed by atoms with E-state index in [2.05, 4.69) is 22.2 Å².